The van der Waals surface area contributed by atoms with Crippen LogP contribution < -0.4 is 10.5 Å². The molecular weight excluding hydrogens is 244 g/mol. The van der Waals surface area contributed by atoms with Crippen LogP contribution in [0.25, 0.3) is 0 Å². The van der Waals surface area contributed by atoms with Gasteiger partial charge in [-0.3, -0.25) is 4.68 Å². The molecule has 0 radical (unpaired) electrons. The molecule has 1 heterocycles. The highest BCUT2D eigenvalue weighted by Gasteiger charge is 2.22. The second kappa shape index (κ2) is 5.48. The van der Waals surface area contributed by atoms with Gasteiger partial charge in [0, 0.05) is 18.8 Å². The SMILES string of the molecule is CCCn1cc(S(=O)(=O)N[C@H](C)CO)c(N)n1. The third kappa shape index (κ3) is 3.42. The third-order valence-corrected chi connectivity index (χ3v) is 3.73. The Labute approximate surface area is 101 Å². The first-order valence-electron chi connectivity index (χ1n) is 5.36. The first kappa shape index (κ1) is 13.9. The number of hydrogen-bond donors (Lipinski definition) is 3. The van der Waals surface area contributed by atoms with Gasteiger partial charge >= 0.3 is 0 Å². The average molecular weight is 262 g/mol. The van der Waals surface area contributed by atoms with E-state index in [1.807, 2.05) is 6.92 Å². The molecule has 0 fully saturated rings. The molecule has 1 aromatic heterocycles. The summed E-state index contributed by atoms with van der Waals surface area (Å²) in [6, 6.07) is -0.561. The zero-order valence-electron chi connectivity index (χ0n) is 9.92. The van der Waals surface area contributed by atoms with E-state index in [4.69, 9.17) is 10.8 Å². The summed E-state index contributed by atoms with van der Waals surface area (Å²) in [7, 11) is -3.72. The molecule has 0 saturated heterocycles. The van der Waals surface area contributed by atoms with Gasteiger partial charge in [-0.1, -0.05) is 6.92 Å². The van der Waals surface area contributed by atoms with E-state index >= 15 is 0 Å². The standard InChI is InChI=1S/C9H18N4O3S/c1-3-4-13-5-8(9(10)11-13)17(15,16)12-7(2)6-14/h5,7,12,14H,3-4,6H2,1-2H3,(H2,10,11)/t7-/m1/s1. The van der Waals surface area contributed by atoms with Crippen molar-refractivity contribution in [1.82, 2.24) is 14.5 Å². The molecule has 0 amide bonds. The number of anilines is 1. The lowest BCUT2D eigenvalue weighted by atomic mass is 10.4. The van der Waals surface area contributed by atoms with E-state index in [1.165, 1.54) is 10.9 Å². The molecule has 8 heteroatoms. The Balaban J connectivity index is 2.98. The van der Waals surface area contributed by atoms with Crippen LogP contribution in [0.15, 0.2) is 11.1 Å². The number of nitrogens with one attached hydrogen (secondary N) is 1. The summed E-state index contributed by atoms with van der Waals surface area (Å²) in [5.41, 5.74) is 5.56. The summed E-state index contributed by atoms with van der Waals surface area (Å²) < 4.78 is 27.6. The number of aliphatic hydroxyl groups excluding tert-OH is 1. The van der Waals surface area contributed by atoms with Gasteiger partial charge in [-0.15, -0.1) is 0 Å². The van der Waals surface area contributed by atoms with Crippen molar-refractivity contribution in [1.29, 1.82) is 0 Å². The molecule has 0 aliphatic heterocycles. The van der Waals surface area contributed by atoms with Crippen molar-refractivity contribution in [3.05, 3.63) is 6.20 Å². The number of rotatable bonds is 6. The highest BCUT2D eigenvalue weighted by atomic mass is 32.2. The molecule has 0 saturated carbocycles. The quantitative estimate of drug-likeness (QED) is 0.642. The molecule has 0 aliphatic carbocycles. The normalized spacial score (nSPS) is 13.8. The van der Waals surface area contributed by atoms with Gasteiger partial charge in [-0.05, 0) is 13.3 Å². The Hall–Kier alpha value is -1.12. The van der Waals surface area contributed by atoms with Crippen molar-refractivity contribution >= 4 is 15.8 Å². The van der Waals surface area contributed by atoms with Gasteiger partial charge < -0.3 is 10.8 Å². The van der Waals surface area contributed by atoms with E-state index in [2.05, 4.69) is 9.82 Å². The maximum absolute atomic E-state index is 11.9. The minimum atomic E-state index is -3.72. The van der Waals surface area contributed by atoms with E-state index in [9.17, 15) is 8.42 Å². The number of nitrogens with two attached hydrogens (primary N) is 1. The molecule has 98 valence electrons. The molecule has 7 nitrogen and oxygen atoms in total. The molecule has 0 aliphatic rings. The first-order chi connectivity index (χ1) is 7.90. The summed E-state index contributed by atoms with van der Waals surface area (Å²) in [6.07, 6.45) is 2.23. The fourth-order valence-corrected chi connectivity index (χ4v) is 2.64. The van der Waals surface area contributed by atoms with Gasteiger partial charge in [0.25, 0.3) is 0 Å². The van der Waals surface area contributed by atoms with Crippen LogP contribution in [0, 0.1) is 0 Å². The van der Waals surface area contributed by atoms with Crippen LogP contribution in [0.2, 0.25) is 0 Å². The van der Waals surface area contributed by atoms with Crippen molar-refractivity contribution in [3.63, 3.8) is 0 Å². The van der Waals surface area contributed by atoms with Gasteiger partial charge in [0.2, 0.25) is 10.0 Å². The number of hydrogen-bond acceptors (Lipinski definition) is 5. The van der Waals surface area contributed by atoms with Gasteiger partial charge in [0.1, 0.15) is 4.90 Å². The van der Waals surface area contributed by atoms with Crippen molar-refractivity contribution in [3.8, 4) is 0 Å². The molecule has 0 bridgehead atoms. The van der Waals surface area contributed by atoms with Crippen molar-refractivity contribution < 1.29 is 13.5 Å². The number of aliphatic hydroxyl groups is 1. The topological polar surface area (TPSA) is 110 Å². The average Bonchev–Trinajstić information content (AvgIpc) is 2.60. The number of aromatic nitrogens is 2. The third-order valence-electron chi connectivity index (χ3n) is 2.13. The van der Waals surface area contributed by atoms with Crippen molar-refractivity contribution in [2.45, 2.75) is 37.8 Å². The van der Waals surface area contributed by atoms with Crippen LogP contribution in [0.5, 0.6) is 0 Å². The lowest BCUT2D eigenvalue weighted by molar-refractivity contribution is 0.265. The Bertz CT molecular complexity index is 469. The van der Waals surface area contributed by atoms with E-state index in [0.29, 0.717) is 6.54 Å². The van der Waals surface area contributed by atoms with Gasteiger partial charge in [-0.2, -0.15) is 5.10 Å². The minimum absolute atomic E-state index is 0.0314. The minimum Gasteiger partial charge on any atom is -0.395 e. The van der Waals surface area contributed by atoms with Crippen LogP contribution >= 0.6 is 0 Å². The maximum Gasteiger partial charge on any atom is 0.246 e. The highest BCUT2D eigenvalue weighted by molar-refractivity contribution is 7.89. The van der Waals surface area contributed by atoms with E-state index in [1.54, 1.807) is 6.92 Å². The summed E-state index contributed by atoms with van der Waals surface area (Å²) >= 11 is 0. The van der Waals surface area contributed by atoms with Crippen LogP contribution in [-0.2, 0) is 16.6 Å². The van der Waals surface area contributed by atoms with E-state index < -0.39 is 16.1 Å². The molecular formula is C9H18N4O3S. The lowest BCUT2D eigenvalue weighted by Gasteiger charge is -2.10. The Morgan fingerprint density at radius 1 is 1.65 bits per heavy atom. The zero-order chi connectivity index (χ0) is 13.1. The summed E-state index contributed by atoms with van der Waals surface area (Å²) in [5.74, 6) is -0.0314. The predicted octanol–water partition coefficient (Wildman–Crippen LogP) is -0.466. The second-order valence-corrected chi connectivity index (χ2v) is 5.53. The van der Waals surface area contributed by atoms with Gasteiger partial charge in [-0.25, -0.2) is 13.1 Å². The van der Waals surface area contributed by atoms with E-state index in [0.717, 1.165) is 6.42 Å². The highest BCUT2D eigenvalue weighted by Crippen LogP contribution is 2.16. The molecule has 4 N–H and O–H groups in total. The number of nitrogen functional groups attached to an aromatic ring is 1. The second-order valence-electron chi connectivity index (χ2n) is 3.85. The molecule has 17 heavy (non-hydrogen) atoms. The fraction of sp³-hybridized carbons (Fsp3) is 0.667. The maximum atomic E-state index is 11.9. The number of nitrogens with zero attached hydrogens (tertiary/aromatic N) is 2. The van der Waals surface area contributed by atoms with Crippen molar-refractivity contribution in [2.75, 3.05) is 12.3 Å². The Kier molecular flexibility index (Phi) is 4.49. The van der Waals surface area contributed by atoms with Gasteiger partial charge in [0.15, 0.2) is 5.82 Å². The first-order valence-corrected chi connectivity index (χ1v) is 6.85. The van der Waals surface area contributed by atoms with E-state index in [-0.39, 0.29) is 17.3 Å². The smallest absolute Gasteiger partial charge is 0.246 e. The monoisotopic (exact) mass is 262 g/mol. The molecule has 1 aromatic rings. The predicted molar refractivity (Wildman–Crippen MR) is 63.8 cm³/mol. The Morgan fingerprint density at radius 2 is 2.29 bits per heavy atom. The van der Waals surface area contributed by atoms with Gasteiger partial charge in [0.05, 0.1) is 6.61 Å². The zero-order valence-corrected chi connectivity index (χ0v) is 10.7. The lowest BCUT2D eigenvalue weighted by Crippen LogP contribution is -2.35. The fourth-order valence-electron chi connectivity index (χ4n) is 1.33. The van der Waals surface area contributed by atoms with Crippen LogP contribution in [0.1, 0.15) is 20.3 Å². The largest absolute Gasteiger partial charge is 0.395 e. The number of aryl methyl sites for hydroxylation is 1. The molecule has 0 aromatic carbocycles. The summed E-state index contributed by atoms with van der Waals surface area (Å²) in [6.45, 7) is 3.85. The molecule has 0 spiro atoms. The Morgan fingerprint density at radius 3 is 2.82 bits per heavy atom. The molecule has 1 rings (SSSR count). The van der Waals surface area contributed by atoms with Crippen LogP contribution in [0.3, 0.4) is 0 Å². The molecule has 0 unspecified atom stereocenters. The van der Waals surface area contributed by atoms with Crippen LogP contribution in [-0.4, -0.2) is 36.0 Å². The van der Waals surface area contributed by atoms with Crippen LogP contribution in [0.4, 0.5) is 5.82 Å². The number of sulfonamides is 1. The summed E-state index contributed by atoms with van der Waals surface area (Å²) in [4.78, 5) is -0.0498. The molecule has 1 atom stereocenters. The van der Waals surface area contributed by atoms with Crippen molar-refractivity contribution in [2.24, 2.45) is 0 Å². The summed E-state index contributed by atoms with van der Waals surface area (Å²) in [5, 5.41) is 12.7.